The van der Waals surface area contributed by atoms with Gasteiger partial charge in [-0.15, -0.1) is 0 Å². The lowest BCUT2D eigenvalue weighted by Gasteiger charge is -2.23. The highest BCUT2D eigenvalue weighted by molar-refractivity contribution is 6.14. The lowest BCUT2D eigenvalue weighted by molar-refractivity contribution is 0.655. The zero-order valence-corrected chi connectivity index (χ0v) is 27.0. The summed E-state index contributed by atoms with van der Waals surface area (Å²) in [6.45, 7) is 0. The molecule has 50 heavy (non-hydrogen) atoms. The van der Waals surface area contributed by atoms with Gasteiger partial charge in [0.25, 0.3) is 0 Å². The van der Waals surface area contributed by atoms with Gasteiger partial charge in [-0.3, -0.25) is 0 Å². The Morgan fingerprint density at radius 1 is 0.480 bits per heavy atom. The molecule has 236 valence electrons. The average Bonchev–Trinajstić information content (AvgIpc) is 3.73. The lowest BCUT2D eigenvalue weighted by atomic mass is 10.00. The van der Waals surface area contributed by atoms with Gasteiger partial charge in [0, 0.05) is 43.9 Å². The number of nitrogens with one attached hydrogen (secondary N) is 1. The molecule has 0 saturated heterocycles. The van der Waals surface area contributed by atoms with Gasteiger partial charge in [0.1, 0.15) is 23.2 Å². The summed E-state index contributed by atoms with van der Waals surface area (Å²) in [6.07, 6.45) is -0.323. The molecule has 0 bridgehead atoms. The Morgan fingerprint density at radius 2 is 1.14 bits per heavy atom. The Labute approximate surface area is 288 Å². The third-order valence-electron chi connectivity index (χ3n) is 9.65. The summed E-state index contributed by atoms with van der Waals surface area (Å²) in [5.41, 5.74) is 10.6. The molecule has 5 nitrogen and oxygen atoms in total. The predicted molar refractivity (Wildman–Crippen MR) is 205 cm³/mol. The monoisotopic (exact) mass is 642 g/mol. The van der Waals surface area contributed by atoms with Gasteiger partial charge in [-0.05, 0) is 59.7 Å². The van der Waals surface area contributed by atoms with E-state index in [1.165, 1.54) is 27.4 Å². The number of hydrogen-bond donors (Lipinski definition) is 1. The molecule has 5 heteroatoms. The third kappa shape index (κ3) is 4.71. The molecule has 10 rings (SSSR count). The summed E-state index contributed by atoms with van der Waals surface area (Å²) in [6, 6.07) is 59.3. The number of benzene rings is 7. The first kappa shape index (κ1) is 28.3. The number of hydrogen-bond acceptors (Lipinski definition) is 4. The Morgan fingerprint density at radius 3 is 1.94 bits per heavy atom. The van der Waals surface area contributed by atoms with Crippen LogP contribution < -0.4 is 5.32 Å². The van der Waals surface area contributed by atoms with E-state index >= 15 is 0 Å². The molecule has 3 heterocycles. The summed E-state index contributed by atoms with van der Waals surface area (Å²) < 4.78 is 8.82. The third-order valence-corrected chi connectivity index (χ3v) is 9.65. The normalized spacial score (nSPS) is 14.6. The summed E-state index contributed by atoms with van der Waals surface area (Å²) in [5, 5.41) is 8.21. The number of furan rings is 1. The van der Waals surface area contributed by atoms with Crippen molar-refractivity contribution >= 4 is 55.4 Å². The maximum Gasteiger partial charge on any atom is 0.159 e. The molecule has 1 N–H and O–H groups in total. The highest BCUT2D eigenvalue weighted by Crippen LogP contribution is 2.38. The van der Waals surface area contributed by atoms with E-state index in [2.05, 4.69) is 131 Å². The van der Waals surface area contributed by atoms with Crippen molar-refractivity contribution < 1.29 is 4.42 Å². The van der Waals surface area contributed by atoms with Gasteiger partial charge >= 0.3 is 0 Å². The predicted octanol–water partition coefficient (Wildman–Crippen LogP) is 10.8. The van der Waals surface area contributed by atoms with Crippen LogP contribution in [0.15, 0.2) is 184 Å². The molecule has 0 fully saturated rings. The van der Waals surface area contributed by atoms with Crippen LogP contribution in [0.25, 0.3) is 60.6 Å². The maximum atomic E-state index is 6.47. The second-order valence-electron chi connectivity index (χ2n) is 12.7. The molecular weight excluding hydrogens is 613 g/mol. The summed E-state index contributed by atoms with van der Waals surface area (Å²) in [5.74, 6) is 1.49. The second kappa shape index (κ2) is 11.5. The molecule has 7 aromatic carbocycles. The van der Waals surface area contributed by atoms with Crippen LogP contribution in [0.1, 0.15) is 22.9 Å². The molecule has 0 saturated carbocycles. The van der Waals surface area contributed by atoms with Gasteiger partial charge in [0.05, 0.1) is 11.0 Å². The van der Waals surface area contributed by atoms with E-state index in [1.54, 1.807) is 0 Å². The van der Waals surface area contributed by atoms with E-state index in [1.807, 2.05) is 48.5 Å². The zero-order chi connectivity index (χ0) is 33.0. The number of nitrogens with zero attached hydrogens (tertiary/aromatic N) is 3. The highest BCUT2D eigenvalue weighted by atomic mass is 16.3. The molecule has 1 atom stereocenters. The molecule has 2 aromatic heterocycles. The van der Waals surface area contributed by atoms with Crippen LogP contribution in [0.2, 0.25) is 0 Å². The molecule has 0 amide bonds. The first-order valence-electron chi connectivity index (χ1n) is 16.9. The quantitative estimate of drug-likeness (QED) is 0.203. The second-order valence-corrected chi connectivity index (χ2v) is 12.7. The van der Waals surface area contributed by atoms with Crippen LogP contribution in [0.4, 0.5) is 0 Å². The van der Waals surface area contributed by atoms with Crippen LogP contribution in [-0.4, -0.2) is 16.2 Å². The van der Waals surface area contributed by atoms with E-state index in [9.17, 15) is 0 Å². The van der Waals surface area contributed by atoms with Gasteiger partial charge in [-0.1, -0.05) is 121 Å². The highest BCUT2D eigenvalue weighted by Gasteiger charge is 2.22. The van der Waals surface area contributed by atoms with E-state index in [4.69, 9.17) is 14.4 Å². The summed E-state index contributed by atoms with van der Waals surface area (Å²) in [4.78, 5) is 9.97. The largest absolute Gasteiger partial charge is 0.456 e. The topological polar surface area (TPSA) is 54.8 Å². The zero-order valence-electron chi connectivity index (χ0n) is 27.0. The fourth-order valence-corrected chi connectivity index (χ4v) is 7.23. The van der Waals surface area contributed by atoms with Gasteiger partial charge in [0.15, 0.2) is 5.84 Å². The van der Waals surface area contributed by atoms with E-state index in [0.717, 1.165) is 55.7 Å². The minimum Gasteiger partial charge on any atom is -0.456 e. The lowest BCUT2D eigenvalue weighted by Crippen LogP contribution is -2.33. The molecule has 1 aliphatic rings. The summed E-state index contributed by atoms with van der Waals surface area (Å²) >= 11 is 0. The van der Waals surface area contributed by atoms with Gasteiger partial charge in [-0.2, -0.15) is 0 Å². The number of rotatable bonds is 5. The van der Waals surface area contributed by atoms with Crippen molar-refractivity contribution in [1.82, 2.24) is 9.88 Å². The standard InChI is InChI=1S/C45H30N4O/c1-4-12-29(13-5-1)43-46-44(30-14-6-2-7-15-30)48-45(47-43)33-20-23-36-38-27-32(22-25-41(38)50-42(36)28-33)31-21-24-40-37(26-31)35-18-10-11-19-39(35)49(40)34-16-8-3-9-17-34/h1-28,45H,(H,46,47,48). The van der Waals surface area contributed by atoms with Crippen molar-refractivity contribution in [1.29, 1.82) is 0 Å². The minimum atomic E-state index is -0.323. The summed E-state index contributed by atoms with van der Waals surface area (Å²) in [7, 11) is 0. The molecule has 9 aromatic rings. The van der Waals surface area contributed by atoms with Crippen LogP contribution in [0, 0.1) is 0 Å². The van der Waals surface area contributed by atoms with Crippen LogP contribution in [-0.2, 0) is 0 Å². The number of amidine groups is 2. The number of aliphatic imine (C=N–C) groups is 2. The number of para-hydroxylation sites is 2. The van der Waals surface area contributed by atoms with Crippen LogP contribution in [0.3, 0.4) is 0 Å². The SMILES string of the molecule is c1ccc(C2=NC(c3ccc4c(c3)oc3ccc(-c5ccc6c(c5)c5ccccc5n6-c5ccccc5)cc34)NC(c3ccccc3)=N2)cc1. The van der Waals surface area contributed by atoms with Crippen molar-refractivity contribution in [2.45, 2.75) is 6.17 Å². The van der Waals surface area contributed by atoms with Crippen LogP contribution in [0.5, 0.6) is 0 Å². The van der Waals surface area contributed by atoms with Gasteiger partial charge < -0.3 is 14.3 Å². The molecule has 1 unspecified atom stereocenters. The number of fused-ring (bicyclic) bond motifs is 6. The molecular formula is C45H30N4O. The van der Waals surface area contributed by atoms with Crippen molar-refractivity contribution in [2.24, 2.45) is 9.98 Å². The van der Waals surface area contributed by atoms with E-state index < -0.39 is 0 Å². The first-order valence-corrected chi connectivity index (χ1v) is 16.9. The molecule has 1 aliphatic heterocycles. The Kier molecular flexibility index (Phi) is 6.49. The molecule has 0 aliphatic carbocycles. The fourth-order valence-electron chi connectivity index (χ4n) is 7.23. The Hall–Kier alpha value is -6.72. The smallest absolute Gasteiger partial charge is 0.159 e. The fraction of sp³-hybridized carbons (Fsp3) is 0.0222. The van der Waals surface area contributed by atoms with Crippen LogP contribution >= 0.6 is 0 Å². The Balaban J connectivity index is 1.04. The van der Waals surface area contributed by atoms with E-state index in [-0.39, 0.29) is 6.17 Å². The van der Waals surface area contributed by atoms with Crippen molar-refractivity contribution in [3.05, 3.63) is 187 Å². The molecule has 0 spiro atoms. The minimum absolute atomic E-state index is 0.323. The van der Waals surface area contributed by atoms with Crippen molar-refractivity contribution in [3.8, 4) is 16.8 Å². The Bertz CT molecular complexity index is 2780. The maximum absolute atomic E-state index is 6.47. The first-order chi connectivity index (χ1) is 24.8. The van der Waals surface area contributed by atoms with E-state index in [0.29, 0.717) is 5.84 Å². The van der Waals surface area contributed by atoms with Gasteiger partial charge in [-0.25, -0.2) is 9.98 Å². The van der Waals surface area contributed by atoms with Crippen molar-refractivity contribution in [2.75, 3.05) is 0 Å². The van der Waals surface area contributed by atoms with Gasteiger partial charge in [0.2, 0.25) is 0 Å². The number of aromatic nitrogens is 1. The molecule has 0 radical (unpaired) electrons. The van der Waals surface area contributed by atoms with Crippen molar-refractivity contribution in [3.63, 3.8) is 0 Å². The average molecular weight is 643 g/mol.